The molecule has 140 valence electrons. The van der Waals surface area contributed by atoms with Crippen LogP contribution in [0.2, 0.25) is 5.02 Å². The van der Waals surface area contributed by atoms with E-state index >= 15 is 0 Å². The van der Waals surface area contributed by atoms with Crippen molar-refractivity contribution in [2.45, 2.75) is 12.1 Å². The summed E-state index contributed by atoms with van der Waals surface area (Å²) in [6.45, 7) is 0. The van der Waals surface area contributed by atoms with E-state index in [-0.39, 0.29) is 5.91 Å². The van der Waals surface area contributed by atoms with Crippen molar-refractivity contribution in [3.8, 4) is 0 Å². The van der Waals surface area contributed by atoms with Crippen LogP contribution in [0.1, 0.15) is 5.56 Å². The molecule has 3 heterocycles. The Hall–Kier alpha value is -3.12. The van der Waals surface area contributed by atoms with E-state index in [0.29, 0.717) is 10.7 Å². The topological polar surface area (TPSA) is 83.7 Å². The number of hydrogen-bond acceptors (Lipinski definition) is 4. The number of nitrogens with two attached hydrogens (primary N) is 1. The van der Waals surface area contributed by atoms with Gasteiger partial charge in [-0.3, -0.25) is 14.4 Å². The van der Waals surface area contributed by atoms with E-state index in [1.807, 2.05) is 41.3 Å². The molecule has 0 spiro atoms. The summed E-state index contributed by atoms with van der Waals surface area (Å²) in [4.78, 5) is 41.9. The Bertz CT molecular complexity index is 1050. The normalized spacial score (nSPS) is 27.6. The van der Waals surface area contributed by atoms with Gasteiger partial charge in [0.05, 0.1) is 23.6 Å². The maximum Gasteiger partial charge on any atom is 0.241 e. The molecule has 28 heavy (non-hydrogen) atoms. The summed E-state index contributed by atoms with van der Waals surface area (Å²) >= 11 is 5.93. The molecule has 0 unspecified atom stereocenters. The number of amides is 3. The fraction of sp³-hybridized carbons (Fsp3) is 0.190. The fourth-order valence-electron chi connectivity index (χ4n) is 4.68. The van der Waals surface area contributed by atoms with Gasteiger partial charge in [0, 0.05) is 10.7 Å². The monoisotopic (exact) mass is 393 g/mol. The highest BCUT2D eigenvalue weighted by molar-refractivity contribution is 6.31. The van der Waals surface area contributed by atoms with Crippen molar-refractivity contribution in [3.63, 3.8) is 0 Å². The van der Waals surface area contributed by atoms with E-state index in [9.17, 15) is 14.4 Å². The number of nitrogens with zero attached hydrogens (tertiary/aromatic N) is 2. The number of primary amides is 1. The van der Waals surface area contributed by atoms with Crippen LogP contribution >= 0.6 is 11.6 Å². The third-order valence-corrected chi connectivity index (χ3v) is 6.04. The number of anilines is 2. The largest absolute Gasteiger partial charge is 0.368 e. The summed E-state index contributed by atoms with van der Waals surface area (Å²) < 4.78 is 0. The van der Waals surface area contributed by atoms with Gasteiger partial charge in [-0.25, -0.2) is 4.90 Å². The Kier molecular flexibility index (Phi) is 3.61. The molecule has 0 saturated carbocycles. The van der Waals surface area contributed by atoms with Gasteiger partial charge < -0.3 is 10.6 Å². The average Bonchev–Trinajstić information content (AvgIpc) is 3.16. The lowest BCUT2D eigenvalue weighted by Gasteiger charge is -2.35. The Balaban J connectivity index is 1.62. The minimum absolute atomic E-state index is 0.319. The van der Waals surface area contributed by atoms with Crippen LogP contribution in [0.25, 0.3) is 6.08 Å². The van der Waals surface area contributed by atoms with Crippen molar-refractivity contribution in [1.29, 1.82) is 0 Å². The molecule has 7 heteroatoms. The third-order valence-electron chi connectivity index (χ3n) is 5.79. The quantitative estimate of drug-likeness (QED) is 0.793. The lowest BCUT2D eigenvalue weighted by atomic mass is 9.88. The van der Waals surface area contributed by atoms with Crippen LogP contribution in [0.3, 0.4) is 0 Å². The maximum atomic E-state index is 13.3. The first-order chi connectivity index (χ1) is 13.5. The van der Waals surface area contributed by atoms with E-state index in [0.717, 1.165) is 16.2 Å². The lowest BCUT2D eigenvalue weighted by molar-refractivity contribution is -0.127. The van der Waals surface area contributed by atoms with Gasteiger partial charge in [-0.15, -0.1) is 0 Å². The van der Waals surface area contributed by atoms with Gasteiger partial charge in [-0.2, -0.15) is 0 Å². The number of carbonyl (C=O) groups excluding carboxylic acids is 3. The number of fused-ring (bicyclic) bond motifs is 5. The van der Waals surface area contributed by atoms with Crippen molar-refractivity contribution >= 4 is 46.8 Å². The van der Waals surface area contributed by atoms with Gasteiger partial charge in [0.1, 0.15) is 6.04 Å². The van der Waals surface area contributed by atoms with E-state index in [2.05, 4.69) is 0 Å². The molecule has 6 nitrogen and oxygen atoms in total. The minimum Gasteiger partial charge on any atom is -0.368 e. The molecular weight excluding hydrogens is 378 g/mol. The van der Waals surface area contributed by atoms with Crippen molar-refractivity contribution in [3.05, 3.63) is 65.2 Å². The van der Waals surface area contributed by atoms with Crippen molar-refractivity contribution in [1.82, 2.24) is 0 Å². The fourth-order valence-corrected chi connectivity index (χ4v) is 4.81. The zero-order chi connectivity index (χ0) is 19.6. The first-order valence-electron chi connectivity index (χ1n) is 8.97. The molecule has 3 aliphatic rings. The summed E-state index contributed by atoms with van der Waals surface area (Å²) in [5.74, 6) is -2.81. The first-order valence-corrected chi connectivity index (χ1v) is 9.35. The zero-order valence-corrected chi connectivity index (χ0v) is 15.4. The number of halogens is 1. The first kappa shape index (κ1) is 17.0. The minimum atomic E-state index is -0.880. The highest BCUT2D eigenvalue weighted by atomic mass is 35.5. The van der Waals surface area contributed by atoms with Crippen LogP contribution in [0, 0.1) is 11.8 Å². The van der Waals surface area contributed by atoms with E-state index < -0.39 is 35.7 Å². The van der Waals surface area contributed by atoms with Gasteiger partial charge >= 0.3 is 0 Å². The molecule has 5 rings (SSSR count). The second-order valence-electron chi connectivity index (χ2n) is 7.20. The lowest BCUT2D eigenvalue weighted by Crippen LogP contribution is -2.50. The summed E-state index contributed by atoms with van der Waals surface area (Å²) in [6, 6.07) is 12.8. The molecule has 0 aromatic heterocycles. The molecule has 2 saturated heterocycles. The Morgan fingerprint density at radius 1 is 0.964 bits per heavy atom. The molecule has 2 aromatic carbocycles. The van der Waals surface area contributed by atoms with Gasteiger partial charge in [-0.1, -0.05) is 42.0 Å². The Labute approximate surface area is 166 Å². The number of carbonyl (C=O) groups is 3. The molecule has 2 fully saturated rings. The predicted molar refractivity (Wildman–Crippen MR) is 106 cm³/mol. The number of imide groups is 1. The molecule has 2 N–H and O–H groups in total. The predicted octanol–water partition coefficient (Wildman–Crippen LogP) is 2.22. The molecule has 3 aliphatic heterocycles. The number of rotatable bonds is 2. The number of hydrogen-bond donors (Lipinski definition) is 1. The maximum absolute atomic E-state index is 13.3. The summed E-state index contributed by atoms with van der Waals surface area (Å²) in [6.07, 6.45) is 3.82. The molecule has 3 amide bonds. The van der Waals surface area contributed by atoms with E-state index in [1.165, 1.54) is 0 Å². The van der Waals surface area contributed by atoms with Gasteiger partial charge in [-0.05, 0) is 35.9 Å². The molecule has 0 bridgehead atoms. The smallest absolute Gasteiger partial charge is 0.241 e. The van der Waals surface area contributed by atoms with Crippen LogP contribution < -0.4 is 15.5 Å². The molecule has 2 aromatic rings. The third kappa shape index (κ3) is 2.18. The zero-order valence-electron chi connectivity index (χ0n) is 14.7. The summed E-state index contributed by atoms with van der Waals surface area (Å²) in [7, 11) is 0. The SMILES string of the molecule is NC(=O)[C@@H]1[C@@H]2C(=O)N(c3ccc(Cl)cc3)C(=O)[C@@H]2[C@@H]2C=Cc3ccccc3N12. The van der Waals surface area contributed by atoms with Crippen molar-refractivity contribution in [2.75, 3.05) is 9.80 Å². The second kappa shape index (κ2) is 5.94. The van der Waals surface area contributed by atoms with Crippen LogP contribution in [-0.4, -0.2) is 29.8 Å². The summed E-state index contributed by atoms with van der Waals surface area (Å²) in [5, 5.41) is 0.510. The average molecular weight is 394 g/mol. The van der Waals surface area contributed by atoms with Gasteiger partial charge in [0.15, 0.2) is 0 Å². The number of benzene rings is 2. The molecule has 0 radical (unpaired) electrons. The number of para-hydroxylation sites is 1. The van der Waals surface area contributed by atoms with E-state index in [1.54, 1.807) is 24.3 Å². The molecular formula is C21H16ClN3O3. The standard InChI is InChI=1S/C21H16ClN3O3/c22-12-6-8-13(9-7-12)24-20(27)16-15-10-5-11-3-1-2-4-14(11)25(15)18(19(23)26)17(16)21(24)28/h1-10,15-18H,(H2,23,26)/t15-,16+,17+,18-/m0/s1. The Morgan fingerprint density at radius 3 is 2.36 bits per heavy atom. The van der Waals surface area contributed by atoms with Crippen LogP contribution in [-0.2, 0) is 14.4 Å². The molecule has 0 aliphatic carbocycles. The van der Waals surface area contributed by atoms with Crippen LogP contribution in [0.5, 0.6) is 0 Å². The van der Waals surface area contributed by atoms with Gasteiger partial charge in [0.2, 0.25) is 17.7 Å². The van der Waals surface area contributed by atoms with Crippen LogP contribution in [0.4, 0.5) is 11.4 Å². The summed E-state index contributed by atoms with van der Waals surface area (Å²) in [5.41, 5.74) is 7.92. The van der Waals surface area contributed by atoms with Gasteiger partial charge in [0.25, 0.3) is 0 Å². The van der Waals surface area contributed by atoms with E-state index in [4.69, 9.17) is 17.3 Å². The van der Waals surface area contributed by atoms with Crippen LogP contribution in [0.15, 0.2) is 54.6 Å². The Morgan fingerprint density at radius 2 is 1.64 bits per heavy atom. The molecule has 4 atom stereocenters. The second-order valence-corrected chi connectivity index (χ2v) is 7.64. The van der Waals surface area contributed by atoms with Crippen molar-refractivity contribution < 1.29 is 14.4 Å². The highest BCUT2D eigenvalue weighted by Gasteiger charge is 2.64. The highest BCUT2D eigenvalue weighted by Crippen LogP contribution is 2.48. The van der Waals surface area contributed by atoms with Crippen molar-refractivity contribution in [2.24, 2.45) is 17.6 Å².